The van der Waals surface area contributed by atoms with Gasteiger partial charge in [0.2, 0.25) is 5.95 Å². The van der Waals surface area contributed by atoms with E-state index >= 15 is 0 Å². The molecule has 1 saturated heterocycles. The lowest BCUT2D eigenvalue weighted by Crippen LogP contribution is -2.30. The van der Waals surface area contributed by atoms with Crippen LogP contribution < -0.4 is 5.32 Å². The lowest BCUT2D eigenvalue weighted by Gasteiger charge is -2.16. The molecule has 3 aromatic rings. The first kappa shape index (κ1) is 16.9. The maximum absolute atomic E-state index is 12.9. The second-order valence-corrected chi connectivity index (χ2v) is 7.48. The number of aromatic nitrogens is 2. The first-order valence-corrected chi connectivity index (χ1v) is 9.50. The van der Waals surface area contributed by atoms with Crippen molar-refractivity contribution in [2.45, 2.75) is 26.0 Å². The molecular formula is C19H20N4O2S. The van der Waals surface area contributed by atoms with Crippen LogP contribution in [0.25, 0.3) is 10.2 Å². The van der Waals surface area contributed by atoms with Gasteiger partial charge in [-0.1, -0.05) is 29.8 Å². The van der Waals surface area contributed by atoms with Crippen LogP contribution >= 0.6 is 11.3 Å². The van der Waals surface area contributed by atoms with Crippen molar-refractivity contribution in [2.75, 3.05) is 18.4 Å². The Kier molecular flexibility index (Phi) is 4.57. The molecule has 1 aliphatic rings. The second kappa shape index (κ2) is 7.01. The highest BCUT2D eigenvalue weighted by atomic mass is 32.1. The van der Waals surface area contributed by atoms with E-state index in [1.165, 1.54) is 16.9 Å². The molecule has 134 valence electrons. The SMILES string of the molecule is Cc1cccc(CNc2nc(C(=O)N3CCC(O)C3)c3sccc3n2)c1. The Labute approximate surface area is 155 Å². The number of hydrogen-bond acceptors (Lipinski definition) is 6. The summed E-state index contributed by atoms with van der Waals surface area (Å²) in [5, 5.41) is 14.9. The lowest BCUT2D eigenvalue weighted by atomic mass is 10.1. The number of aliphatic hydroxyl groups is 1. The largest absolute Gasteiger partial charge is 0.391 e. The molecule has 1 aliphatic heterocycles. The van der Waals surface area contributed by atoms with Crippen LogP contribution in [-0.4, -0.2) is 45.1 Å². The highest BCUT2D eigenvalue weighted by molar-refractivity contribution is 7.17. The van der Waals surface area contributed by atoms with Gasteiger partial charge < -0.3 is 15.3 Å². The van der Waals surface area contributed by atoms with Gasteiger partial charge in [-0.25, -0.2) is 9.97 Å². The number of carbonyl (C=O) groups is 1. The van der Waals surface area contributed by atoms with Gasteiger partial charge in [-0.3, -0.25) is 4.79 Å². The van der Waals surface area contributed by atoms with E-state index in [9.17, 15) is 9.90 Å². The van der Waals surface area contributed by atoms with Crippen LogP contribution in [0.3, 0.4) is 0 Å². The van der Waals surface area contributed by atoms with Crippen LogP contribution in [-0.2, 0) is 6.54 Å². The fourth-order valence-electron chi connectivity index (χ4n) is 3.17. The van der Waals surface area contributed by atoms with E-state index in [2.05, 4.69) is 34.3 Å². The highest BCUT2D eigenvalue weighted by Gasteiger charge is 2.28. The molecule has 7 heteroatoms. The molecule has 0 radical (unpaired) electrons. The minimum Gasteiger partial charge on any atom is -0.391 e. The highest BCUT2D eigenvalue weighted by Crippen LogP contribution is 2.26. The quantitative estimate of drug-likeness (QED) is 0.740. The van der Waals surface area contributed by atoms with Crippen LogP contribution in [0.2, 0.25) is 0 Å². The fraction of sp³-hybridized carbons (Fsp3) is 0.316. The number of anilines is 1. The Morgan fingerprint density at radius 1 is 1.38 bits per heavy atom. The molecule has 26 heavy (non-hydrogen) atoms. The summed E-state index contributed by atoms with van der Waals surface area (Å²) in [5.41, 5.74) is 3.50. The summed E-state index contributed by atoms with van der Waals surface area (Å²) in [6.45, 7) is 3.57. The predicted octanol–water partition coefficient (Wildman–Crippen LogP) is 2.82. The average molecular weight is 368 g/mol. The molecule has 1 fully saturated rings. The Balaban J connectivity index is 1.61. The molecule has 1 atom stereocenters. The molecule has 0 bridgehead atoms. The van der Waals surface area contributed by atoms with Crippen molar-refractivity contribution in [1.29, 1.82) is 0 Å². The number of carbonyl (C=O) groups excluding carboxylic acids is 1. The van der Waals surface area contributed by atoms with Crippen LogP contribution in [0.15, 0.2) is 35.7 Å². The third kappa shape index (κ3) is 3.40. The van der Waals surface area contributed by atoms with E-state index in [4.69, 9.17) is 0 Å². The van der Waals surface area contributed by atoms with E-state index in [0.29, 0.717) is 37.7 Å². The van der Waals surface area contributed by atoms with Crippen molar-refractivity contribution >= 4 is 33.4 Å². The van der Waals surface area contributed by atoms with Crippen molar-refractivity contribution in [2.24, 2.45) is 0 Å². The standard InChI is InChI=1S/C19H20N4O2S/c1-12-3-2-4-13(9-12)10-20-19-21-15-6-8-26-17(15)16(22-19)18(25)23-7-5-14(24)11-23/h2-4,6,8-9,14,24H,5,7,10-11H2,1H3,(H,20,21,22). The summed E-state index contributed by atoms with van der Waals surface area (Å²) in [5.74, 6) is 0.301. The van der Waals surface area contributed by atoms with Gasteiger partial charge in [0.05, 0.1) is 16.3 Å². The number of nitrogens with zero attached hydrogens (tertiary/aromatic N) is 3. The molecule has 3 heterocycles. The van der Waals surface area contributed by atoms with Crippen molar-refractivity contribution < 1.29 is 9.90 Å². The van der Waals surface area contributed by atoms with Crippen LogP contribution in [0.1, 0.15) is 28.0 Å². The number of aryl methyl sites for hydroxylation is 1. The van der Waals surface area contributed by atoms with Gasteiger partial charge in [-0.2, -0.15) is 0 Å². The van der Waals surface area contributed by atoms with Gasteiger partial charge >= 0.3 is 0 Å². The zero-order valence-electron chi connectivity index (χ0n) is 14.5. The van der Waals surface area contributed by atoms with Gasteiger partial charge in [0, 0.05) is 19.6 Å². The lowest BCUT2D eigenvalue weighted by molar-refractivity contribution is 0.0761. The third-order valence-corrected chi connectivity index (χ3v) is 5.40. The summed E-state index contributed by atoms with van der Waals surface area (Å²) in [6.07, 6.45) is 0.168. The zero-order chi connectivity index (χ0) is 18.1. The number of nitrogens with one attached hydrogen (secondary N) is 1. The minimum atomic E-state index is -0.446. The van der Waals surface area contributed by atoms with E-state index in [1.54, 1.807) is 4.90 Å². The number of likely N-dealkylation sites (tertiary alicyclic amines) is 1. The van der Waals surface area contributed by atoms with Gasteiger partial charge in [-0.05, 0) is 30.4 Å². The van der Waals surface area contributed by atoms with Crippen molar-refractivity contribution in [3.8, 4) is 0 Å². The predicted molar refractivity (Wildman–Crippen MR) is 102 cm³/mol. The molecular weight excluding hydrogens is 348 g/mol. The number of thiophene rings is 1. The molecule has 6 nitrogen and oxygen atoms in total. The number of aliphatic hydroxyl groups excluding tert-OH is 1. The minimum absolute atomic E-state index is 0.144. The summed E-state index contributed by atoms with van der Waals surface area (Å²) >= 11 is 1.46. The monoisotopic (exact) mass is 368 g/mol. The number of rotatable bonds is 4. The molecule has 1 aromatic carbocycles. The average Bonchev–Trinajstić information content (AvgIpc) is 3.27. The maximum Gasteiger partial charge on any atom is 0.274 e. The number of β-amino-alcohol motifs (C(OH)–C–C–N with tert-alkyl or cyclic N) is 1. The third-order valence-electron chi connectivity index (χ3n) is 4.49. The Bertz CT molecular complexity index is 956. The normalized spacial score (nSPS) is 17.0. The van der Waals surface area contributed by atoms with Crippen molar-refractivity contribution in [3.63, 3.8) is 0 Å². The first-order valence-electron chi connectivity index (χ1n) is 8.62. The van der Waals surface area contributed by atoms with E-state index in [0.717, 1.165) is 15.8 Å². The van der Waals surface area contributed by atoms with Gasteiger partial charge in [0.25, 0.3) is 5.91 Å². The van der Waals surface area contributed by atoms with E-state index < -0.39 is 6.10 Å². The Morgan fingerprint density at radius 2 is 2.27 bits per heavy atom. The topological polar surface area (TPSA) is 78.4 Å². The summed E-state index contributed by atoms with van der Waals surface area (Å²) in [7, 11) is 0. The molecule has 1 amide bonds. The van der Waals surface area contributed by atoms with Crippen LogP contribution in [0, 0.1) is 6.92 Å². The fourth-order valence-corrected chi connectivity index (χ4v) is 3.98. The van der Waals surface area contributed by atoms with E-state index in [1.807, 2.05) is 23.6 Å². The van der Waals surface area contributed by atoms with Crippen LogP contribution in [0.5, 0.6) is 0 Å². The van der Waals surface area contributed by atoms with E-state index in [-0.39, 0.29) is 5.91 Å². The first-order chi connectivity index (χ1) is 12.6. The number of benzene rings is 1. The molecule has 1 unspecified atom stereocenters. The Hall–Kier alpha value is -2.51. The molecule has 0 aliphatic carbocycles. The second-order valence-electron chi connectivity index (χ2n) is 6.57. The maximum atomic E-state index is 12.9. The van der Waals surface area contributed by atoms with Gasteiger partial charge in [0.1, 0.15) is 0 Å². The molecule has 0 spiro atoms. The Morgan fingerprint density at radius 3 is 3.04 bits per heavy atom. The summed E-state index contributed by atoms with van der Waals surface area (Å²) in [6, 6.07) is 10.1. The number of amides is 1. The number of hydrogen-bond donors (Lipinski definition) is 2. The molecule has 4 rings (SSSR count). The van der Waals surface area contributed by atoms with Crippen molar-refractivity contribution in [1.82, 2.24) is 14.9 Å². The molecule has 2 N–H and O–H groups in total. The summed E-state index contributed by atoms with van der Waals surface area (Å²) in [4.78, 5) is 23.6. The zero-order valence-corrected chi connectivity index (χ0v) is 15.3. The van der Waals surface area contributed by atoms with Crippen molar-refractivity contribution in [3.05, 3.63) is 52.5 Å². The molecule has 2 aromatic heterocycles. The molecule has 0 saturated carbocycles. The van der Waals surface area contributed by atoms with Gasteiger partial charge in [-0.15, -0.1) is 11.3 Å². The van der Waals surface area contributed by atoms with Crippen LogP contribution in [0.4, 0.5) is 5.95 Å². The smallest absolute Gasteiger partial charge is 0.274 e. The number of fused-ring (bicyclic) bond motifs is 1. The summed E-state index contributed by atoms with van der Waals surface area (Å²) < 4.78 is 0.789. The van der Waals surface area contributed by atoms with Gasteiger partial charge in [0.15, 0.2) is 5.69 Å².